The molecular weight excluding hydrogens is 894 g/mol. The van der Waals surface area contributed by atoms with E-state index in [1.54, 1.807) is 0 Å². The van der Waals surface area contributed by atoms with E-state index in [-0.39, 0.29) is 26.1 Å². The van der Waals surface area contributed by atoms with Gasteiger partial charge in [0.2, 0.25) is 0 Å². The molecule has 2 unspecified atom stereocenters. The molecule has 0 bridgehead atoms. The Balaban J connectivity index is 4.23. The third kappa shape index (κ3) is 54.3. The standard InChI is InChI=1S/C60H104NO8P/c1-6-8-10-12-14-16-18-20-22-24-26-27-28-29-30-31-32-33-35-36-38-40-42-44-46-48-50-52-59(62)66-56-58(57-68-70(64,65)67-55-54-61(3,4)5)69-60(63)53-51-49-47-45-43-41-39-37-34-25-23-21-19-17-15-13-11-9-7-2/h9,11,15,17-18,20-21,23-24,26,28-29,34,37,41,43,58H,6-8,10,12-14,16,19,22,25,27,30-33,35-36,38-40,42,44-57H2,1-5H3/b11-9-,17-15-,20-18-,23-21-,26-24-,29-28-,37-34-,43-41-. The van der Waals surface area contributed by atoms with Crippen LogP contribution >= 0.6 is 7.82 Å². The van der Waals surface area contributed by atoms with Crippen molar-refractivity contribution in [3.8, 4) is 0 Å². The highest BCUT2D eigenvalue weighted by Crippen LogP contribution is 2.38. The van der Waals surface area contributed by atoms with E-state index in [1.165, 1.54) is 96.3 Å². The molecule has 402 valence electrons. The van der Waals surface area contributed by atoms with Crippen LogP contribution in [-0.4, -0.2) is 70.0 Å². The number of unbranched alkanes of at least 4 members (excludes halogenated alkanes) is 20. The van der Waals surface area contributed by atoms with E-state index >= 15 is 0 Å². The number of quaternary nitrogens is 1. The summed E-state index contributed by atoms with van der Waals surface area (Å²) >= 11 is 0. The van der Waals surface area contributed by atoms with Crippen molar-refractivity contribution in [3.63, 3.8) is 0 Å². The minimum absolute atomic E-state index is 0.0428. The molecule has 0 amide bonds. The van der Waals surface area contributed by atoms with Gasteiger partial charge in [0.25, 0.3) is 7.82 Å². The zero-order valence-corrected chi connectivity index (χ0v) is 46.3. The van der Waals surface area contributed by atoms with Crippen molar-refractivity contribution in [2.45, 2.75) is 225 Å². The molecule has 0 saturated carbocycles. The lowest BCUT2D eigenvalue weighted by Gasteiger charge is -2.28. The third-order valence-corrected chi connectivity index (χ3v) is 12.6. The van der Waals surface area contributed by atoms with Gasteiger partial charge in [0, 0.05) is 12.8 Å². The van der Waals surface area contributed by atoms with E-state index in [4.69, 9.17) is 18.5 Å². The Morgan fingerprint density at radius 2 is 0.814 bits per heavy atom. The molecule has 0 radical (unpaired) electrons. The first-order chi connectivity index (χ1) is 34.0. The molecule has 0 N–H and O–H groups in total. The van der Waals surface area contributed by atoms with Gasteiger partial charge in [0.05, 0.1) is 27.7 Å². The van der Waals surface area contributed by atoms with Crippen molar-refractivity contribution in [1.29, 1.82) is 0 Å². The molecule has 0 saturated heterocycles. The molecule has 0 aromatic rings. The van der Waals surface area contributed by atoms with Gasteiger partial charge in [-0.2, -0.15) is 0 Å². The lowest BCUT2D eigenvalue weighted by atomic mass is 10.0. The predicted molar refractivity (Wildman–Crippen MR) is 295 cm³/mol. The second kappa shape index (κ2) is 50.9. The lowest BCUT2D eigenvalue weighted by molar-refractivity contribution is -0.870. The van der Waals surface area contributed by atoms with Crippen molar-refractivity contribution in [3.05, 3.63) is 97.2 Å². The fourth-order valence-corrected chi connectivity index (χ4v) is 8.01. The maximum absolute atomic E-state index is 12.8. The molecular formula is C60H104NO8P. The second-order valence-corrected chi connectivity index (χ2v) is 21.0. The number of rotatable bonds is 50. The van der Waals surface area contributed by atoms with E-state index < -0.39 is 32.5 Å². The third-order valence-electron chi connectivity index (χ3n) is 11.6. The number of esters is 2. The van der Waals surface area contributed by atoms with Crippen LogP contribution in [0.3, 0.4) is 0 Å². The molecule has 0 aliphatic rings. The van der Waals surface area contributed by atoms with Crippen molar-refractivity contribution in [2.24, 2.45) is 0 Å². The molecule has 0 spiro atoms. The molecule has 0 aliphatic carbocycles. The van der Waals surface area contributed by atoms with Crippen LogP contribution in [0.25, 0.3) is 0 Å². The van der Waals surface area contributed by atoms with Gasteiger partial charge in [-0.3, -0.25) is 14.2 Å². The van der Waals surface area contributed by atoms with E-state index in [9.17, 15) is 19.0 Å². The zero-order valence-electron chi connectivity index (χ0n) is 45.4. The van der Waals surface area contributed by atoms with Gasteiger partial charge in [-0.15, -0.1) is 0 Å². The average molecular weight is 998 g/mol. The molecule has 0 aromatic heterocycles. The number of carbonyl (C=O) groups is 2. The van der Waals surface area contributed by atoms with Crippen molar-refractivity contribution in [1.82, 2.24) is 0 Å². The summed E-state index contributed by atoms with van der Waals surface area (Å²) in [5.74, 6) is -0.877. The van der Waals surface area contributed by atoms with Crippen molar-refractivity contribution >= 4 is 19.8 Å². The van der Waals surface area contributed by atoms with Gasteiger partial charge < -0.3 is 27.9 Å². The van der Waals surface area contributed by atoms with E-state index in [0.717, 1.165) is 89.9 Å². The summed E-state index contributed by atoms with van der Waals surface area (Å²) in [5.41, 5.74) is 0. The highest BCUT2D eigenvalue weighted by Gasteiger charge is 2.21. The first kappa shape index (κ1) is 66.9. The summed E-state index contributed by atoms with van der Waals surface area (Å²) in [6, 6.07) is 0. The van der Waals surface area contributed by atoms with Crippen molar-refractivity contribution in [2.75, 3.05) is 47.5 Å². The smallest absolute Gasteiger partial charge is 0.306 e. The van der Waals surface area contributed by atoms with Crippen molar-refractivity contribution < 1.29 is 42.1 Å². The second-order valence-electron chi connectivity index (χ2n) is 19.6. The van der Waals surface area contributed by atoms with Crippen LogP contribution in [0, 0.1) is 0 Å². The molecule has 10 heteroatoms. The van der Waals surface area contributed by atoms with Gasteiger partial charge in [0.15, 0.2) is 6.10 Å². The average Bonchev–Trinajstić information content (AvgIpc) is 3.32. The number of ether oxygens (including phenoxy) is 2. The summed E-state index contributed by atoms with van der Waals surface area (Å²) in [4.78, 5) is 37.8. The quantitative estimate of drug-likeness (QED) is 0.0195. The van der Waals surface area contributed by atoms with Gasteiger partial charge in [-0.05, 0) is 96.3 Å². The number of hydrogen-bond acceptors (Lipinski definition) is 8. The summed E-state index contributed by atoms with van der Waals surface area (Å²) in [6.07, 6.45) is 68.8. The normalized spacial score (nSPS) is 14.1. The summed E-state index contributed by atoms with van der Waals surface area (Å²) in [6.45, 7) is 4.06. The first-order valence-corrected chi connectivity index (χ1v) is 29.4. The maximum atomic E-state index is 12.8. The molecule has 0 heterocycles. The molecule has 0 fully saturated rings. The highest BCUT2D eigenvalue weighted by atomic mass is 31.2. The Morgan fingerprint density at radius 3 is 1.23 bits per heavy atom. The van der Waals surface area contributed by atoms with Gasteiger partial charge in [0.1, 0.15) is 19.8 Å². The van der Waals surface area contributed by atoms with Gasteiger partial charge in [-0.25, -0.2) is 0 Å². The number of allylic oxidation sites excluding steroid dienone is 16. The van der Waals surface area contributed by atoms with E-state index in [1.807, 2.05) is 21.1 Å². The molecule has 0 rings (SSSR count). The largest absolute Gasteiger partial charge is 0.756 e. The number of carbonyl (C=O) groups excluding carboxylic acids is 2. The Bertz CT molecular complexity index is 1500. The predicted octanol–water partition coefficient (Wildman–Crippen LogP) is 16.6. The maximum Gasteiger partial charge on any atom is 0.306 e. The van der Waals surface area contributed by atoms with Crippen LogP contribution in [-0.2, 0) is 32.7 Å². The fraction of sp³-hybridized carbons (Fsp3) is 0.700. The zero-order chi connectivity index (χ0) is 51.3. The number of phosphoric acid groups is 1. The van der Waals surface area contributed by atoms with Gasteiger partial charge in [-0.1, -0.05) is 207 Å². The Morgan fingerprint density at radius 1 is 0.457 bits per heavy atom. The summed E-state index contributed by atoms with van der Waals surface area (Å²) in [5, 5.41) is 0. The molecule has 70 heavy (non-hydrogen) atoms. The van der Waals surface area contributed by atoms with Crippen LogP contribution in [0.15, 0.2) is 97.2 Å². The minimum Gasteiger partial charge on any atom is -0.756 e. The Labute approximate surface area is 430 Å². The number of phosphoric ester groups is 1. The topological polar surface area (TPSA) is 111 Å². The SMILES string of the molecule is CC/C=C\C/C=C\C/C=C\C/C=C\C/C=C\CCCCCC(=O)OC(COC(=O)CCCCCCCCCCCCCC/C=C\C/C=C\C/C=C\CCCCCCC)COP(=O)([O-])OCC[N+](C)(C)C. The minimum atomic E-state index is -4.65. The number of likely N-dealkylation sites (N-methyl/N-ethyl adjacent to an activating group) is 1. The van der Waals surface area contributed by atoms with Crippen LogP contribution in [0.1, 0.15) is 219 Å². The van der Waals surface area contributed by atoms with Crippen LogP contribution in [0.5, 0.6) is 0 Å². The van der Waals surface area contributed by atoms with E-state index in [0.29, 0.717) is 17.4 Å². The Kier molecular flexibility index (Phi) is 48.6. The molecule has 2 atom stereocenters. The fourth-order valence-electron chi connectivity index (χ4n) is 7.28. The number of nitrogens with zero attached hydrogens (tertiary/aromatic N) is 1. The van der Waals surface area contributed by atoms with Crippen LogP contribution in [0.4, 0.5) is 0 Å². The van der Waals surface area contributed by atoms with Crippen LogP contribution < -0.4 is 4.89 Å². The molecule has 9 nitrogen and oxygen atoms in total. The van der Waals surface area contributed by atoms with Crippen LogP contribution in [0.2, 0.25) is 0 Å². The Hall–Kier alpha value is -3.07. The number of hydrogen-bond donors (Lipinski definition) is 0. The summed E-state index contributed by atoms with van der Waals surface area (Å²) < 4.78 is 34.1. The summed E-state index contributed by atoms with van der Waals surface area (Å²) in [7, 11) is 1.13. The molecule has 0 aliphatic heterocycles. The monoisotopic (exact) mass is 998 g/mol. The molecule has 0 aromatic carbocycles. The van der Waals surface area contributed by atoms with E-state index in [2.05, 4.69) is 111 Å². The lowest BCUT2D eigenvalue weighted by Crippen LogP contribution is -2.37. The first-order valence-electron chi connectivity index (χ1n) is 27.9. The van der Waals surface area contributed by atoms with Gasteiger partial charge >= 0.3 is 11.9 Å². The highest BCUT2D eigenvalue weighted by molar-refractivity contribution is 7.45.